The summed E-state index contributed by atoms with van der Waals surface area (Å²) in [4.78, 5) is 0. The second-order valence-electron chi connectivity index (χ2n) is 5.96. The van der Waals surface area contributed by atoms with Gasteiger partial charge in [0.2, 0.25) is 0 Å². The molecule has 1 aliphatic carbocycles. The fourth-order valence-corrected chi connectivity index (χ4v) is 5.77. The first-order valence-corrected chi connectivity index (χ1v) is 9.14. The average molecular weight is 297 g/mol. The summed E-state index contributed by atoms with van der Waals surface area (Å²) in [6.07, 6.45) is 5.55. The molecular formula is C15H23NOS2. The SMILES string of the molecule is C[C@H]1CC(NCC2CCC(O)CC2)c2ccsc2S1. The molecule has 0 saturated heterocycles. The molecule has 106 valence electrons. The molecular weight excluding hydrogens is 274 g/mol. The molecule has 0 amide bonds. The molecule has 3 rings (SSSR count). The second kappa shape index (κ2) is 6.17. The lowest BCUT2D eigenvalue weighted by Gasteiger charge is -2.31. The first-order chi connectivity index (χ1) is 9.22. The minimum atomic E-state index is -0.0363. The van der Waals surface area contributed by atoms with Crippen molar-refractivity contribution in [2.24, 2.45) is 5.92 Å². The van der Waals surface area contributed by atoms with E-state index in [-0.39, 0.29) is 6.10 Å². The number of fused-ring (bicyclic) bond motifs is 1. The molecule has 2 heterocycles. The molecule has 2 N–H and O–H groups in total. The van der Waals surface area contributed by atoms with E-state index < -0.39 is 0 Å². The molecule has 1 saturated carbocycles. The molecule has 1 unspecified atom stereocenters. The summed E-state index contributed by atoms with van der Waals surface area (Å²) in [5.74, 6) is 0.760. The Labute approximate surface area is 124 Å². The second-order valence-corrected chi connectivity index (χ2v) is 8.59. The number of thiophene rings is 1. The summed E-state index contributed by atoms with van der Waals surface area (Å²) in [5.41, 5.74) is 1.52. The Morgan fingerprint density at radius 2 is 2.11 bits per heavy atom. The van der Waals surface area contributed by atoms with Gasteiger partial charge < -0.3 is 10.4 Å². The monoisotopic (exact) mass is 297 g/mol. The van der Waals surface area contributed by atoms with E-state index in [2.05, 4.69) is 23.7 Å². The number of aliphatic hydroxyl groups excluding tert-OH is 1. The van der Waals surface area contributed by atoms with Crippen LogP contribution in [0.5, 0.6) is 0 Å². The van der Waals surface area contributed by atoms with Crippen molar-refractivity contribution in [2.75, 3.05) is 6.54 Å². The number of rotatable bonds is 3. The van der Waals surface area contributed by atoms with E-state index in [1.165, 1.54) is 29.0 Å². The van der Waals surface area contributed by atoms with E-state index in [9.17, 15) is 5.11 Å². The lowest BCUT2D eigenvalue weighted by atomic mass is 9.87. The zero-order valence-electron chi connectivity index (χ0n) is 11.5. The van der Waals surface area contributed by atoms with Crippen LogP contribution in [0, 0.1) is 5.92 Å². The van der Waals surface area contributed by atoms with E-state index in [1.807, 2.05) is 23.1 Å². The summed E-state index contributed by atoms with van der Waals surface area (Å²) in [5, 5.41) is 16.3. The molecule has 0 bridgehead atoms. The van der Waals surface area contributed by atoms with Crippen LogP contribution in [-0.2, 0) is 0 Å². The van der Waals surface area contributed by atoms with Gasteiger partial charge in [-0.2, -0.15) is 0 Å². The summed E-state index contributed by atoms with van der Waals surface area (Å²) in [6.45, 7) is 3.45. The normalized spacial score (nSPS) is 35.1. The van der Waals surface area contributed by atoms with Gasteiger partial charge in [0.25, 0.3) is 0 Å². The first kappa shape index (κ1) is 13.9. The van der Waals surface area contributed by atoms with Gasteiger partial charge in [-0.05, 0) is 61.6 Å². The van der Waals surface area contributed by atoms with Gasteiger partial charge in [-0.3, -0.25) is 0 Å². The minimum Gasteiger partial charge on any atom is -0.393 e. The van der Waals surface area contributed by atoms with Crippen LogP contribution >= 0.6 is 23.1 Å². The van der Waals surface area contributed by atoms with Gasteiger partial charge in [0.15, 0.2) is 0 Å². The predicted octanol–water partition coefficient (Wildman–Crippen LogP) is 3.81. The van der Waals surface area contributed by atoms with Crippen LogP contribution in [0.15, 0.2) is 15.7 Å². The summed E-state index contributed by atoms with van der Waals surface area (Å²) < 4.78 is 1.51. The fourth-order valence-electron chi connectivity index (χ4n) is 3.20. The van der Waals surface area contributed by atoms with E-state index in [0.29, 0.717) is 6.04 Å². The van der Waals surface area contributed by atoms with Gasteiger partial charge in [0.05, 0.1) is 10.3 Å². The summed E-state index contributed by atoms with van der Waals surface area (Å²) in [6, 6.07) is 2.84. The molecule has 4 heteroatoms. The maximum atomic E-state index is 9.56. The van der Waals surface area contributed by atoms with Crippen LogP contribution in [0.3, 0.4) is 0 Å². The topological polar surface area (TPSA) is 32.3 Å². The van der Waals surface area contributed by atoms with Gasteiger partial charge >= 0.3 is 0 Å². The Bertz CT molecular complexity index is 412. The highest BCUT2D eigenvalue weighted by Gasteiger charge is 2.27. The van der Waals surface area contributed by atoms with Gasteiger partial charge in [0, 0.05) is 11.3 Å². The molecule has 0 aromatic carbocycles. The number of hydrogen-bond acceptors (Lipinski definition) is 4. The Hall–Kier alpha value is -0.0300. The van der Waals surface area contributed by atoms with Crippen molar-refractivity contribution in [3.05, 3.63) is 17.0 Å². The fraction of sp³-hybridized carbons (Fsp3) is 0.733. The molecule has 1 aromatic heterocycles. The van der Waals surface area contributed by atoms with Crippen LogP contribution in [-0.4, -0.2) is 23.0 Å². The first-order valence-electron chi connectivity index (χ1n) is 7.38. The van der Waals surface area contributed by atoms with Gasteiger partial charge in [-0.25, -0.2) is 0 Å². The number of nitrogens with one attached hydrogen (secondary N) is 1. The maximum absolute atomic E-state index is 9.56. The van der Waals surface area contributed by atoms with Gasteiger partial charge in [-0.1, -0.05) is 6.92 Å². The van der Waals surface area contributed by atoms with Crippen LogP contribution in [0.4, 0.5) is 0 Å². The van der Waals surface area contributed by atoms with Gasteiger partial charge in [0.1, 0.15) is 0 Å². The van der Waals surface area contributed by atoms with Crippen LogP contribution in [0.2, 0.25) is 0 Å². The minimum absolute atomic E-state index is 0.0363. The quantitative estimate of drug-likeness (QED) is 0.889. The van der Waals surface area contributed by atoms with Crippen molar-refractivity contribution in [2.45, 2.75) is 60.6 Å². The number of aliphatic hydroxyl groups is 1. The van der Waals surface area contributed by atoms with Crippen molar-refractivity contribution >= 4 is 23.1 Å². The van der Waals surface area contributed by atoms with E-state index in [0.717, 1.165) is 30.6 Å². The molecule has 1 fully saturated rings. The Kier molecular flexibility index (Phi) is 4.52. The smallest absolute Gasteiger partial charge is 0.0649 e. The molecule has 19 heavy (non-hydrogen) atoms. The van der Waals surface area contributed by atoms with E-state index >= 15 is 0 Å². The molecule has 2 nitrogen and oxygen atoms in total. The highest BCUT2D eigenvalue weighted by atomic mass is 32.2. The lowest BCUT2D eigenvalue weighted by molar-refractivity contribution is 0.107. The third kappa shape index (κ3) is 3.35. The Morgan fingerprint density at radius 1 is 1.32 bits per heavy atom. The zero-order valence-corrected chi connectivity index (χ0v) is 13.1. The maximum Gasteiger partial charge on any atom is 0.0649 e. The van der Waals surface area contributed by atoms with Crippen LogP contribution in [0.1, 0.15) is 50.6 Å². The average Bonchev–Trinajstić information content (AvgIpc) is 2.85. The van der Waals surface area contributed by atoms with Crippen molar-refractivity contribution < 1.29 is 5.11 Å². The third-order valence-corrected chi connectivity index (χ3v) is 6.72. The largest absolute Gasteiger partial charge is 0.393 e. The van der Waals surface area contributed by atoms with Crippen LogP contribution in [0.25, 0.3) is 0 Å². The Balaban J connectivity index is 1.56. The standard InChI is InChI=1S/C15H23NOS2/c1-10-8-14(13-6-7-18-15(13)19-10)16-9-11-2-4-12(17)5-3-11/h6-7,10-12,14,16-17H,2-5,8-9H2,1H3/t10-,11?,12?,14?/m0/s1. The predicted molar refractivity (Wildman–Crippen MR) is 83.0 cm³/mol. The van der Waals surface area contributed by atoms with E-state index in [4.69, 9.17) is 0 Å². The molecule has 2 aliphatic rings. The molecule has 2 atom stereocenters. The lowest BCUT2D eigenvalue weighted by Crippen LogP contribution is -2.32. The molecule has 0 radical (unpaired) electrons. The highest BCUT2D eigenvalue weighted by Crippen LogP contribution is 2.43. The van der Waals surface area contributed by atoms with Crippen LogP contribution < -0.4 is 5.32 Å². The zero-order chi connectivity index (χ0) is 13.2. The summed E-state index contributed by atoms with van der Waals surface area (Å²) in [7, 11) is 0. The molecule has 0 spiro atoms. The molecule has 1 aromatic rings. The molecule has 1 aliphatic heterocycles. The third-order valence-electron chi connectivity index (χ3n) is 4.38. The van der Waals surface area contributed by atoms with Crippen molar-refractivity contribution in [3.8, 4) is 0 Å². The van der Waals surface area contributed by atoms with E-state index in [1.54, 1.807) is 0 Å². The summed E-state index contributed by atoms with van der Waals surface area (Å²) >= 11 is 3.91. The Morgan fingerprint density at radius 3 is 2.89 bits per heavy atom. The van der Waals surface area contributed by atoms with Crippen molar-refractivity contribution in [1.29, 1.82) is 0 Å². The highest BCUT2D eigenvalue weighted by molar-refractivity contribution is 8.01. The number of hydrogen-bond donors (Lipinski definition) is 2. The van der Waals surface area contributed by atoms with Gasteiger partial charge in [-0.15, -0.1) is 23.1 Å². The van der Waals surface area contributed by atoms with Crippen molar-refractivity contribution in [3.63, 3.8) is 0 Å². The van der Waals surface area contributed by atoms with Crippen molar-refractivity contribution in [1.82, 2.24) is 5.32 Å². The number of thioether (sulfide) groups is 1.